The SMILES string of the molecule is O=Cc1c(CN2CCN(c3ccccc3)CC2)c(CN2CCN(c3ccccc3)CC2)cc2ccccc12. The topological polar surface area (TPSA) is 30.0 Å². The zero-order valence-electron chi connectivity index (χ0n) is 22.0. The third kappa shape index (κ3) is 5.31. The van der Waals surface area contributed by atoms with Crippen molar-refractivity contribution in [3.8, 4) is 0 Å². The number of nitrogens with zero attached hydrogens (tertiary/aromatic N) is 4. The first-order valence-electron chi connectivity index (χ1n) is 13.8. The quantitative estimate of drug-likeness (QED) is 0.319. The maximum atomic E-state index is 12.5. The summed E-state index contributed by atoms with van der Waals surface area (Å²) in [5.41, 5.74) is 5.96. The molecule has 2 aliphatic heterocycles. The van der Waals surface area contributed by atoms with Gasteiger partial charge in [-0.15, -0.1) is 0 Å². The smallest absolute Gasteiger partial charge is 0.151 e. The van der Waals surface area contributed by atoms with E-state index in [1.54, 1.807) is 0 Å². The van der Waals surface area contributed by atoms with E-state index in [9.17, 15) is 4.79 Å². The Balaban J connectivity index is 1.21. The van der Waals surface area contributed by atoms with E-state index in [1.165, 1.54) is 22.5 Å². The van der Waals surface area contributed by atoms with Crippen LogP contribution in [0.5, 0.6) is 0 Å². The van der Waals surface area contributed by atoms with Gasteiger partial charge in [0.2, 0.25) is 0 Å². The molecule has 4 aromatic carbocycles. The molecule has 2 heterocycles. The molecule has 0 N–H and O–H groups in total. The number of anilines is 2. The molecular weight excluding hydrogens is 468 g/mol. The highest BCUT2D eigenvalue weighted by Crippen LogP contribution is 2.29. The molecule has 5 nitrogen and oxygen atoms in total. The first-order valence-corrected chi connectivity index (χ1v) is 13.8. The van der Waals surface area contributed by atoms with Crippen LogP contribution >= 0.6 is 0 Å². The van der Waals surface area contributed by atoms with Crippen LogP contribution in [0.2, 0.25) is 0 Å². The van der Waals surface area contributed by atoms with E-state index in [0.29, 0.717) is 0 Å². The van der Waals surface area contributed by atoms with Gasteiger partial charge in [-0.05, 0) is 52.2 Å². The summed E-state index contributed by atoms with van der Waals surface area (Å²) in [4.78, 5) is 22.5. The monoisotopic (exact) mass is 504 g/mol. The minimum Gasteiger partial charge on any atom is -0.369 e. The number of rotatable bonds is 7. The van der Waals surface area contributed by atoms with Crippen LogP contribution in [0.3, 0.4) is 0 Å². The van der Waals surface area contributed by atoms with Gasteiger partial charge in [0.15, 0.2) is 6.29 Å². The number of fused-ring (bicyclic) bond motifs is 1. The molecule has 0 saturated carbocycles. The molecule has 0 aliphatic carbocycles. The van der Waals surface area contributed by atoms with E-state index in [0.717, 1.165) is 88.1 Å². The van der Waals surface area contributed by atoms with Crippen LogP contribution < -0.4 is 9.80 Å². The second-order valence-corrected chi connectivity index (χ2v) is 10.5. The predicted octanol–water partition coefficient (Wildman–Crippen LogP) is 5.30. The largest absolute Gasteiger partial charge is 0.369 e. The molecular formula is C33H36N4O. The molecule has 38 heavy (non-hydrogen) atoms. The number of hydrogen-bond donors (Lipinski definition) is 0. The number of aldehydes is 1. The summed E-state index contributed by atoms with van der Waals surface area (Å²) in [6, 6.07) is 32.1. The Morgan fingerprint density at radius 1 is 0.579 bits per heavy atom. The molecule has 0 aromatic heterocycles. The third-order valence-electron chi connectivity index (χ3n) is 8.17. The third-order valence-corrected chi connectivity index (χ3v) is 8.17. The van der Waals surface area contributed by atoms with Crippen LogP contribution in [0.25, 0.3) is 10.8 Å². The van der Waals surface area contributed by atoms with Crippen molar-refractivity contribution in [1.82, 2.24) is 9.80 Å². The maximum absolute atomic E-state index is 12.5. The van der Waals surface area contributed by atoms with Crippen LogP contribution in [0.4, 0.5) is 11.4 Å². The lowest BCUT2D eigenvalue weighted by Crippen LogP contribution is -2.47. The first-order chi connectivity index (χ1) is 18.8. The van der Waals surface area contributed by atoms with E-state index in [-0.39, 0.29) is 0 Å². The molecule has 194 valence electrons. The molecule has 0 unspecified atom stereocenters. The van der Waals surface area contributed by atoms with Crippen molar-refractivity contribution >= 4 is 28.4 Å². The van der Waals surface area contributed by atoms with Gasteiger partial charge in [-0.3, -0.25) is 14.6 Å². The second-order valence-electron chi connectivity index (χ2n) is 10.5. The molecule has 6 rings (SSSR count). The first kappa shape index (κ1) is 24.7. The van der Waals surface area contributed by atoms with E-state index >= 15 is 0 Å². The summed E-state index contributed by atoms with van der Waals surface area (Å²) >= 11 is 0. The number of carbonyl (C=O) groups excluding carboxylic acids is 1. The lowest BCUT2D eigenvalue weighted by atomic mass is 9.93. The highest BCUT2D eigenvalue weighted by atomic mass is 16.1. The van der Waals surface area contributed by atoms with Gasteiger partial charge in [0.05, 0.1) is 0 Å². The van der Waals surface area contributed by atoms with Crippen molar-refractivity contribution in [2.75, 3.05) is 62.2 Å². The highest BCUT2D eigenvalue weighted by molar-refractivity contribution is 6.00. The van der Waals surface area contributed by atoms with Gasteiger partial charge < -0.3 is 9.80 Å². The zero-order valence-corrected chi connectivity index (χ0v) is 22.0. The van der Waals surface area contributed by atoms with Gasteiger partial charge in [-0.2, -0.15) is 0 Å². The average Bonchev–Trinajstić information content (AvgIpc) is 2.99. The Kier molecular flexibility index (Phi) is 7.38. The lowest BCUT2D eigenvalue weighted by molar-refractivity contribution is 0.112. The lowest BCUT2D eigenvalue weighted by Gasteiger charge is -2.38. The zero-order chi connectivity index (χ0) is 25.7. The number of carbonyl (C=O) groups is 1. The van der Waals surface area contributed by atoms with Gasteiger partial charge in [0.1, 0.15) is 0 Å². The molecule has 2 saturated heterocycles. The summed E-state index contributed by atoms with van der Waals surface area (Å²) in [5.74, 6) is 0. The Hall–Kier alpha value is -3.67. The number of piperazine rings is 2. The van der Waals surface area contributed by atoms with E-state index in [4.69, 9.17) is 0 Å². The van der Waals surface area contributed by atoms with Crippen LogP contribution in [0.15, 0.2) is 91.0 Å². The minimum absolute atomic E-state index is 0.820. The molecule has 2 aliphatic rings. The molecule has 0 bridgehead atoms. The molecule has 4 aromatic rings. The second kappa shape index (κ2) is 11.4. The highest BCUT2D eigenvalue weighted by Gasteiger charge is 2.23. The Morgan fingerprint density at radius 2 is 1.08 bits per heavy atom. The minimum atomic E-state index is 0.820. The molecule has 2 fully saturated rings. The van der Waals surface area contributed by atoms with Crippen LogP contribution in [0, 0.1) is 0 Å². The molecule has 0 atom stereocenters. The van der Waals surface area contributed by atoms with Gasteiger partial charge in [0.25, 0.3) is 0 Å². The summed E-state index contributed by atoms with van der Waals surface area (Å²) in [6.07, 6.45) is 1.09. The molecule has 0 spiro atoms. The normalized spacial score (nSPS) is 17.2. The van der Waals surface area contributed by atoms with Crippen LogP contribution in [0.1, 0.15) is 21.5 Å². The van der Waals surface area contributed by atoms with Crippen molar-refractivity contribution in [2.45, 2.75) is 13.1 Å². The van der Waals surface area contributed by atoms with Gasteiger partial charge >= 0.3 is 0 Å². The van der Waals surface area contributed by atoms with E-state index < -0.39 is 0 Å². The van der Waals surface area contributed by atoms with Gasteiger partial charge in [-0.1, -0.05) is 60.7 Å². The van der Waals surface area contributed by atoms with Crippen molar-refractivity contribution in [3.05, 3.63) is 108 Å². The van der Waals surface area contributed by atoms with Gasteiger partial charge in [0, 0.05) is 82.4 Å². The number of hydrogen-bond acceptors (Lipinski definition) is 5. The van der Waals surface area contributed by atoms with Crippen LogP contribution in [-0.4, -0.2) is 68.4 Å². The van der Waals surface area contributed by atoms with E-state index in [1.807, 2.05) is 6.07 Å². The number of para-hydroxylation sites is 2. The maximum Gasteiger partial charge on any atom is 0.151 e. The van der Waals surface area contributed by atoms with Crippen molar-refractivity contribution in [3.63, 3.8) is 0 Å². The number of benzene rings is 4. The summed E-state index contributed by atoms with van der Waals surface area (Å²) in [7, 11) is 0. The Morgan fingerprint density at radius 3 is 1.63 bits per heavy atom. The summed E-state index contributed by atoms with van der Waals surface area (Å²) < 4.78 is 0. The fourth-order valence-corrected chi connectivity index (χ4v) is 6.01. The summed E-state index contributed by atoms with van der Waals surface area (Å²) in [5, 5.41) is 2.23. The predicted molar refractivity (Wildman–Crippen MR) is 157 cm³/mol. The Bertz CT molecular complexity index is 1360. The van der Waals surface area contributed by atoms with Crippen molar-refractivity contribution in [2.24, 2.45) is 0 Å². The van der Waals surface area contributed by atoms with Crippen molar-refractivity contribution in [1.29, 1.82) is 0 Å². The average molecular weight is 505 g/mol. The molecule has 0 radical (unpaired) electrons. The fraction of sp³-hybridized carbons (Fsp3) is 0.303. The van der Waals surface area contributed by atoms with Crippen LogP contribution in [-0.2, 0) is 13.1 Å². The molecule has 0 amide bonds. The standard InChI is InChI=1S/C33H36N4O/c38-26-33-31-14-8-7-9-27(31)23-28(24-34-15-19-36(20-16-34)29-10-3-1-4-11-29)32(33)25-35-17-21-37(22-18-35)30-12-5-2-6-13-30/h1-14,23,26H,15-22,24-25H2. The van der Waals surface area contributed by atoms with Gasteiger partial charge in [-0.25, -0.2) is 0 Å². The Labute approximate surface area is 225 Å². The summed E-state index contributed by atoms with van der Waals surface area (Å²) in [6.45, 7) is 9.79. The fourth-order valence-electron chi connectivity index (χ4n) is 6.01. The molecule has 5 heteroatoms. The van der Waals surface area contributed by atoms with E-state index in [2.05, 4.69) is 105 Å². The van der Waals surface area contributed by atoms with Crippen molar-refractivity contribution < 1.29 is 4.79 Å².